The second kappa shape index (κ2) is 6.90. The summed E-state index contributed by atoms with van der Waals surface area (Å²) < 4.78 is 0. The number of hydrogen-bond donors (Lipinski definition) is 1. The number of nitrogens with one attached hydrogen (secondary N) is 1. The number of rotatable bonds is 4. The Balaban J connectivity index is 2.12. The first kappa shape index (κ1) is 17.3. The molecule has 4 nitrogen and oxygen atoms in total. The molecular weight excluding hydrogens is 357 g/mol. The lowest BCUT2D eigenvalue weighted by molar-refractivity contribution is -0.135. The molecule has 3 aromatic carbocycles. The number of hydrogen-bond acceptors (Lipinski definition) is 3. The molecule has 4 rings (SSSR count). The molecule has 3 aromatic rings. The summed E-state index contributed by atoms with van der Waals surface area (Å²) in [5, 5.41) is 4.91. The lowest BCUT2D eigenvalue weighted by Gasteiger charge is -2.30. The molecule has 1 aliphatic heterocycles. The van der Waals surface area contributed by atoms with Gasteiger partial charge in [0, 0.05) is 0 Å². The molecular formula is C22H17NO3P+. The van der Waals surface area contributed by atoms with E-state index in [9.17, 15) is 14.4 Å². The second-order valence-electron chi connectivity index (χ2n) is 6.31. The largest absolute Gasteiger partial charge is 0.298 e. The zero-order valence-electron chi connectivity index (χ0n) is 14.4. The fourth-order valence-electron chi connectivity index (χ4n) is 3.72. The minimum Gasteiger partial charge on any atom is -0.286 e. The summed E-state index contributed by atoms with van der Waals surface area (Å²) in [5.74, 6) is -2.00. The van der Waals surface area contributed by atoms with Crippen molar-refractivity contribution in [2.24, 2.45) is 0 Å². The van der Waals surface area contributed by atoms with Crippen LogP contribution >= 0.6 is 7.26 Å². The molecule has 1 saturated heterocycles. The van der Waals surface area contributed by atoms with Gasteiger partial charge in [-0.1, -0.05) is 54.6 Å². The summed E-state index contributed by atoms with van der Waals surface area (Å²) in [4.78, 5) is 37.8. The Morgan fingerprint density at radius 3 is 1.26 bits per heavy atom. The highest BCUT2D eigenvalue weighted by Gasteiger charge is 2.63. The third kappa shape index (κ3) is 2.70. The summed E-state index contributed by atoms with van der Waals surface area (Å²) in [6.07, 6.45) is 0. The van der Waals surface area contributed by atoms with Gasteiger partial charge in [0.2, 0.25) is 5.66 Å². The molecule has 1 N–H and O–H groups in total. The van der Waals surface area contributed by atoms with Gasteiger partial charge in [-0.05, 0) is 36.4 Å². The smallest absolute Gasteiger partial charge is 0.286 e. The van der Waals surface area contributed by atoms with E-state index < -0.39 is 30.5 Å². The zero-order chi connectivity index (χ0) is 18.9. The Labute approximate surface area is 157 Å². The Kier molecular flexibility index (Phi) is 4.43. The van der Waals surface area contributed by atoms with Crippen LogP contribution in [-0.2, 0) is 14.4 Å². The first-order valence-corrected chi connectivity index (χ1v) is 10.5. The molecule has 1 fully saturated rings. The Bertz CT molecular complexity index is 907. The van der Waals surface area contributed by atoms with Crippen molar-refractivity contribution >= 4 is 40.8 Å². The molecule has 0 radical (unpaired) electrons. The van der Waals surface area contributed by atoms with Crippen molar-refractivity contribution < 1.29 is 14.4 Å². The molecule has 5 heteroatoms. The predicted molar refractivity (Wildman–Crippen MR) is 107 cm³/mol. The fourth-order valence-corrected chi connectivity index (χ4v) is 8.32. The highest BCUT2D eigenvalue weighted by Crippen LogP contribution is 2.60. The minimum absolute atomic E-state index is 0.519. The van der Waals surface area contributed by atoms with Crippen molar-refractivity contribution in [1.82, 2.24) is 5.32 Å². The fraction of sp³-hybridized carbons (Fsp3) is 0.0455. The normalized spacial score (nSPS) is 17.0. The number of carbonyl (C=O) groups excluding carboxylic acids is 3. The van der Waals surface area contributed by atoms with Gasteiger partial charge >= 0.3 is 0 Å². The molecule has 1 atom stereocenters. The summed E-state index contributed by atoms with van der Waals surface area (Å²) >= 11 is 0. The first-order chi connectivity index (χ1) is 13.2. The summed E-state index contributed by atoms with van der Waals surface area (Å²) in [6.45, 7) is 0. The number of carbonyl (C=O) groups is 3. The number of Topliss-reactive ketones (excluding diaryl/α,β-unsaturated/α-hetero) is 1. The van der Waals surface area contributed by atoms with Gasteiger partial charge in [0.1, 0.15) is 23.2 Å². The summed E-state index contributed by atoms with van der Waals surface area (Å²) in [5.41, 5.74) is -1.06. The number of ketones is 1. The molecule has 1 unspecified atom stereocenters. The van der Waals surface area contributed by atoms with Gasteiger partial charge in [-0.3, -0.25) is 19.7 Å². The monoisotopic (exact) mass is 374 g/mol. The van der Waals surface area contributed by atoms with Crippen LogP contribution in [0.1, 0.15) is 0 Å². The van der Waals surface area contributed by atoms with Crippen molar-refractivity contribution in [1.29, 1.82) is 0 Å². The Hall–Kier alpha value is -3.10. The van der Waals surface area contributed by atoms with Gasteiger partial charge in [0.25, 0.3) is 17.6 Å². The third-order valence-electron chi connectivity index (χ3n) is 4.83. The van der Waals surface area contributed by atoms with E-state index in [1.165, 1.54) is 0 Å². The molecule has 0 saturated carbocycles. The zero-order valence-corrected chi connectivity index (χ0v) is 15.3. The van der Waals surface area contributed by atoms with Crippen LogP contribution in [0.2, 0.25) is 0 Å². The first-order valence-electron chi connectivity index (χ1n) is 8.60. The van der Waals surface area contributed by atoms with Crippen LogP contribution in [0.15, 0.2) is 91.0 Å². The maximum absolute atomic E-state index is 12.9. The van der Waals surface area contributed by atoms with Crippen molar-refractivity contribution in [3.63, 3.8) is 0 Å². The molecule has 0 aromatic heterocycles. The minimum atomic E-state index is -2.73. The Morgan fingerprint density at radius 2 is 0.963 bits per heavy atom. The van der Waals surface area contributed by atoms with Crippen LogP contribution in [0.4, 0.5) is 0 Å². The molecule has 0 bridgehead atoms. The maximum atomic E-state index is 12.9. The average Bonchev–Trinajstić information content (AvgIpc) is 2.98. The van der Waals surface area contributed by atoms with E-state index in [4.69, 9.17) is 0 Å². The van der Waals surface area contributed by atoms with E-state index in [0.717, 1.165) is 15.9 Å². The standard InChI is InChI=1S/C22H16NO3P/c24-19-20(22(26)23-21(19)25)27(16-10-4-1-5-11-16,17-12-6-2-7-13-17)18-14-8-3-9-15-18/h1-15,20H/p+1. The van der Waals surface area contributed by atoms with Crippen molar-refractivity contribution in [3.8, 4) is 0 Å². The Morgan fingerprint density at radius 1 is 0.593 bits per heavy atom. The van der Waals surface area contributed by atoms with Crippen LogP contribution < -0.4 is 21.2 Å². The van der Waals surface area contributed by atoms with E-state index in [1.54, 1.807) is 0 Å². The molecule has 1 heterocycles. The molecule has 0 spiro atoms. The molecule has 1 aliphatic rings. The second-order valence-corrected chi connectivity index (χ2v) is 9.83. The van der Waals surface area contributed by atoms with Crippen molar-refractivity contribution in [2.45, 2.75) is 5.66 Å². The highest BCUT2D eigenvalue weighted by molar-refractivity contribution is 7.97. The lowest BCUT2D eigenvalue weighted by Crippen LogP contribution is -2.44. The molecule has 2 amide bonds. The molecule has 132 valence electrons. The summed E-state index contributed by atoms with van der Waals surface area (Å²) in [6, 6.07) is 28.7. The number of benzene rings is 3. The van der Waals surface area contributed by atoms with Crippen LogP contribution in [0, 0.1) is 0 Å². The van der Waals surface area contributed by atoms with Crippen molar-refractivity contribution in [3.05, 3.63) is 91.0 Å². The predicted octanol–water partition coefficient (Wildman–Crippen LogP) is 1.57. The SMILES string of the molecule is O=C1NC(=O)C([P+](c2ccccc2)(c2ccccc2)c2ccccc2)C1=O. The van der Waals surface area contributed by atoms with Gasteiger partial charge in [-0.25, -0.2) is 0 Å². The quantitative estimate of drug-likeness (QED) is 0.326. The number of amides is 2. The van der Waals surface area contributed by atoms with E-state index in [1.807, 2.05) is 91.0 Å². The van der Waals surface area contributed by atoms with E-state index in [2.05, 4.69) is 5.32 Å². The number of imide groups is 1. The van der Waals surface area contributed by atoms with Gasteiger partial charge in [0.15, 0.2) is 0 Å². The lowest BCUT2D eigenvalue weighted by atomic mass is 10.3. The van der Waals surface area contributed by atoms with Gasteiger partial charge < -0.3 is 0 Å². The highest BCUT2D eigenvalue weighted by atomic mass is 31.2. The van der Waals surface area contributed by atoms with Gasteiger partial charge in [-0.2, -0.15) is 0 Å². The van der Waals surface area contributed by atoms with Crippen LogP contribution in [0.5, 0.6) is 0 Å². The van der Waals surface area contributed by atoms with Crippen LogP contribution in [-0.4, -0.2) is 23.3 Å². The average molecular weight is 374 g/mol. The van der Waals surface area contributed by atoms with Gasteiger partial charge in [-0.15, -0.1) is 0 Å². The summed E-state index contributed by atoms with van der Waals surface area (Å²) in [7, 11) is -2.73. The van der Waals surface area contributed by atoms with E-state index in [0.29, 0.717) is 0 Å². The molecule has 27 heavy (non-hydrogen) atoms. The van der Waals surface area contributed by atoms with E-state index in [-0.39, 0.29) is 0 Å². The third-order valence-corrected chi connectivity index (χ3v) is 9.42. The molecule has 0 aliphatic carbocycles. The van der Waals surface area contributed by atoms with Crippen LogP contribution in [0.3, 0.4) is 0 Å². The topological polar surface area (TPSA) is 63.2 Å². The van der Waals surface area contributed by atoms with Crippen LogP contribution in [0.25, 0.3) is 0 Å². The van der Waals surface area contributed by atoms with E-state index >= 15 is 0 Å². The van der Waals surface area contributed by atoms with Gasteiger partial charge in [0.05, 0.1) is 0 Å². The van der Waals surface area contributed by atoms with Crippen molar-refractivity contribution in [2.75, 3.05) is 0 Å². The maximum Gasteiger partial charge on any atom is 0.298 e.